The topological polar surface area (TPSA) is 52.1 Å². The lowest BCUT2D eigenvalue weighted by Gasteiger charge is -2.17. The normalized spacial score (nSPS) is 11.3. The number of fused-ring (bicyclic) bond motifs is 2. The summed E-state index contributed by atoms with van der Waals surface area (Å²) in [5.41, 5.74) is 11.7. The summed E-state index contributed by atoms with van der Waals surface area (Å²) in [6.45, 7) is 0. The number of hydrogen-bond acceptors (Lipinski definition) is 4. The first-order valence-corrected chi connectivity index (χ1v) is 13.9. The summed E-state index contributed by atoms with van der Waals surface area (Å²) in [5.74, 6) is 1.22. The summed E-state index contributed by atoms with van der Waals surface area (Å²) in [4.78, 5) is 9.63. The number of aromatic nitrogens is 2. The van der Waals surface area contributed by atoms with Crippen molar-refractivity contribution in [2.75, 3.05) is 0 Å². The first kappa shape index (κ1) is 24.1. The molecule has 0 amide bonds. The molecule has 8 rings (SSSR count). The standard InChI is InChI=1S/C38H24N2O2/c1-3-15-27(29-17-5-7-19-31(29)37-39-33-21-9-11-23-35(33)41-37)25(13-1)26-14-2-4-16-28(26)30-18-6-8-20-32(30)38-40-34-22-10-12-24-36(34)42-38/h1-24H. The summed E-state index contributed by atoms with van der Waals surface area (Å²) in [6.07, 6.45) is 0. The minimum Gasteiger partial charge on any atom is -0.436 e. The predicted octanol–water partition coefficient (Wildman–Crippen LogP) is 10.3. The van der Waals surface area contributed by atoms with Gasteiger partial charge in [-0.1, -0.05) is 109 Å². The van der Waals surface area contributed by atoms with Gasteiger partial charge in [0.2, 0.25) is 11.8 Å². The number of nitrogens with zero attached hydrogens (tertiary/aromatic N) is 2. The van der Waals surface area contributed by atoms with Crippen LogP contribution in [0.1, 0.15) is 0 Å². The second-order valence-electron chi connectivity index (χ2n) is 10.2. The van der Waals surface area contributed by atoms with E-state index >= 15 is 0 Å². The van der Waals surface area contributed by atoms with Gasteiger partial charge in [-0.3, -0.25) is 0 Å². The molecule has 4 nitrogen and oxygen atoms in total. The van der Waals surface area contributed by atoms with Crippen molar-refractivity contribution in [2.45, 2.75) is 0 Å². The molecule has 0 aliphatic carbocycles. The van der Waals surface area contributed by atoms with Crippen molar-refractivity contribution < 1.29 is 8.83 Å². The molecule has 0 saturated heterocycles. The fourth-order valence-corrected chi connectivity index (χ4v) is 5.69. The van der Waals surface area contributed by atoms with E-state index < -0.39 is 0 Å². The second kappa shape index (κ2) is 10.0. The third-order valence-electron chi connectivity index (χ3n) is 7.63. The Morgan fingerprint density at radius 1 is 0.286 bits per heavy atom. The molecule has 198 valence electrons. The monoisotopic (exact) mass is 540 g/mol. The first-order chi connectivity index (χ1) is 20.8. The van der Waals surface area contributed by atoms with Gasteiger partial charge in [0.25, 0.3) is 0 Å². The van der Waals surface area contributed by atoms with E-state index in [0.717, 1.165) is 66.7 Å². The zero-order valence-electron chi connectivity index (χ0n) is 22.6. The van der Waals surface area contributed by atoms with Gasteiger partial charge in [0.1, 0.15) is 11.0 Å². The lowest BCUT2D eigenvalue weighted by molar-refractivity contribution is 0.619. The quantitative estimate of drug-likeness (QED) is 0.218. The van der Waals surface area contributed by atoms with Gasteiger partial charge in [0.15, 0.2) is 11.2 Å². The maximum absolute atomic E-state index is 6.22. The van der Waals surface area contributed by atoms with E-state index in [1.807, 2.05) is 60.7 Å². The zero-order chi connectivity index (χ0) is 27.9. The minimum absolute atomic E-state index is 0.608. The Labute approximate surface area is 242 Å². The maximum Gasteiger partial charge on any atom is 0.227 e. The maximum atomic E-state index is 6.22. The van der Waals surface area contributed by atoms with Crippen LogP contribution in [-0.2, 0) is 0 Å². The van der Waals surface area contributed by atoms with Crippen molar-refractivity contribution in [1.29, 1.82) is 0 Å². The van der Waals surface area contributed by atoms with Crippen LogP contribution < -0.4 is 0 Å². The molecule has 8 aromatic rings. The van der Waals surface area contributed by atoms with E-state index in [9.17, 15) is 0 Å². The van der Waals surface area contributed by atoms with Crippen molar-refractivity contribution >= 4 is 22.2 Å². The average Bonchev–Trinajstić information content (AvgIpc) is 3.70. The molecule has 0 saturated carbocycles. The smallest absolute Gasteiger partial charge is 0.227 e. The molecule has 0 fully saturated rings. The van der Waals surface area contributed by atoms with Crippen LogP contribution in [0.15, 0.2) is 154 Å². The van der Waals surface area contributed by atoms with E-state index in [4.69, 9.17) is 18.8 Å². The molecule has 0 atom stereocenters. The van der Waals surface area contributed by atoms with Crippen LogP contribution >= 0.6 is 0 Å². The summed E-state index contributed by atoms with van der Waals surface area (Å²) in [5, 5.41) is 0. The average molecular weight is 541 g/mol. The summed E-state index contributed by atoms with van der Waals surface area (Å²) >= 11 is 0. The van der Waals surface area contributed by atoms with Gasteiger partial charge in [-0.2, -0.15) is 0 Å². The molecule has 0 aliphatic rings. The summed E-state index contributed by atoms with van der Waals surface area (Å²) in [7, 11) is 0. The van der Waals surface area contributed by atoms with Crippen LogP contribution in [0, 0.1) is 0 Å². The van der Waals surface area contributed by atoms with Crippen molar-refractivity contribution in [1.82, 2.24) is 9.97 Å². The Kier molecular flexibility index (Phi) is 5.75. The molecular formula is C38H24N2O2. The highest BCUT2D eigenvalue weighted by Crippen LogP contribution is 2.43. The first-order valence-electron chi connectivity index (χ1n) is 13.9. The molecule has 2 aromatic heterocycles. The van der Waals surface area contributed by atoms with Crippen molar-refractivity contribution in [3.05, 3.63) is 146 Å². The van der Waals surface area contributed by atoms with E-state index in [0.29, 0.717) is 11.8 Å². The Balaban J connectivity index is 1.31. The second-order valence-corrected chi connectivity index (χ2v) is 10.2. The van der Waals surface area contributed by atoms with Crippen LogP contribution in [0.25, 0.3) is 78.5 Å². The van der Waals surface area contributed by atoms with Crippen LogP contribution in [0.5, 0.6) is 0 Å². The van der Waals surface area contributed by atoms with Gasteiger partial charge in [-0.05, 0) is 69.8 Å². The molecule has 4 heteroatoms. The van der Waals surface area contributed by atoms with Crippen LogP contribution in [0.3, 0.4) is 0 Å². The molecule has 0 N–H and O–H groups in total. The Morgan fingerprint density at radius 2 is 0.548 bits per heavy atom. The SMILES string of the molecule is c1ccc(-c2ccccc2-c2ccccc2-c2ccccc2-c2nc3ccccc3o2)c(-c2nc3ccccc3o2)c1. The minimum atomic E-state index is 0.608. The van der Waals surface area contributed by atoms with Crippen molar-refractivity contribution in [3.63, 3.8) is 0 Å². The third kappa shape index (κ3) is 4.09. The lowest BCUT2D eigenvalue weighted by atomic mass is 9.87. The Morgan fingerprint density at radius 3 is 0.881 bits per heavy atom. The molecule has 0 spiro atoms. The van der Waals surface area contributed by atoms with Gasteiger partial charge >= 0.3 is 0 Å². The van der Waals surface area contributed by atoms with Crippen molar-refractivity contribution in [2.24, 2.45) is 0 Å². The molecule has 0 bridgehead atoms. The highest BCUT2D eigenvalue weighted by molar-refractivity contribution is 5.97. The molecular weight excluding hydrogens is 516 g/mol. The largest absolute Gasteiger partial charge is 0.436 e. The molecule has 6 aromatic carbocycles. The Bertz CT molecular complexity index is 2000. The molecule has 0 aliphatic heterocycles. The number of para-hydroxylation sites is 4. The number of rotatable bonds is 5. The van der Waals surface area contributed by atoms with Crippen molar-refractivity contribution in [3.8, 4) is 56.3 Å². The fourth-order valence-electron chi connectivity index (χ4n) is 5.69. The van der Waals surface area contributed by atoms with Gasteiger partial charge in [0.05, 0.1) is 0 Å². The van der Waals surface area contributed by atoms with Gasteiger partial charge in [-0.25, -0.2) is 9.97 Å². The van der Waals surface area contributed by atoms with Crippen LogP contribution in [0.4, 0.5) is 0 Å². The van der Waals surface area contributed by atoms with Crippen LogP contribution in [-0.4, -0.2) is 9.97 Å². The van der Waals surface area contributed by atoms with Gasteiger partial charge < -0.3 is 8.83 Å². The third-order valence-corrected chi connectivity index (χ3v) is 7.63. The molecule has 0 unspecified atom stereocenters. The van der Waals surface area contributed by atoms with E-state index in [1.165, 1.54) is 0 Å². The molecule has 2 heterocycles. The summed E-state index contributed by atoms with van der Waals surface area (Å²) < 4.78 is 12.4. The number of benzene rings is 6. The summed E-state index contributed by atoms with van der Waals surface area (Å²) in [6, 6.07) is 49.4. The highest BCUT2D eigenvalue weighted by atomic mass is 16.4. The molecule has 42 heavy (non-hydrogen) atoms. The van der Waals surface area contributed by atoms with E-state index in [-0.39, 0.29) is 0 Å². The van der Waals surface area contributed by atoms with Crippen LogP contribution in [0.2, 0.25) is 0 Å². The van der Waals surface area contributed by atoms with E-state index in [1.54, 1.807) is 0 Å². The van der Waals surface area contributed by atoms with E-state index in [2.05, 4.69) is 84.9 Å². The number of oxazole rings is 2. The van der Waals surface area contributed by atoms with Gasteiger partial charge in [-0.15, -0.1) is 0 Å². The fraction of sp³-hybridized carbons (Fsp3) is 0. The van der Waals surface area contributed by atoms with Gasteiger partial charge in [0, 0.05) is 11.1 Å². The Hall–Kier alpha value is -5.74. The predicted molar refractivity (Wildman–Crippen MR) is 169 cm³/mol. The zero-order valence-corrected chi connectivity index (χ0v) is 22.6. The highest BCUT2D eigenvalue weighted by Gasteiger charge is 2.20. The molecule has 0 radical (unpaired) electrons. The number of hydrogen-bond donors (Lipinski definition) is 0. The lowest BCUT2D eigenvalue weighted by Crippen LogP contribution is -1.92.